The van der Waals surface area contributed by atoms with Crippen LogP contribution in [0.2, 0.25) is 0 Å². The SMILES string of the molecule is Cc1ccc(N2C(=O)CCC(C(=O)NCCc3cn4ccccc4n3)C2c2cccs2)cc1. The van der Waals surface area contributed by atoms with E-state index in [0.717, 1.165) is 27.5 Å². The zero-order valence-corrected chi connectivity index (χ0v) is 19.3. The molecule has 4 aromatic rings. The summed E-state index contributed by atoms with van der Waals surface area (Å²) in [4.78, 5) is 33.8. The van der Waals surface area contributed by atoms with Crippen LogP contribution in [-0.4, -0.2) is 27.7 Å². The normalized spacial score (nSPS) is 18.6. The Morgan fingerprint density at radius 2 is 2.00 bits per heavy atom. The number of piperidine rings is 1. The lowest BCUT2D eigenvalue weighted by Crippen LogP contribution is -2.48. The van der Waals surface area contributed by atoms with Crippen molar-refractivity contribution >= 4 is 34.5 Å². The number of carbonyl (C=O) groups excluding carboxylic acids is 2. The van der Waals surface area contributed by atoms with Crippen LogP contribution in [0.4, 0.5) is 5.69 Å². The first kappa shape index (κ1) is 21.4. The van der Waals surface area contributed by atoms with E-state index < -0.39 is 0 Å². The van der Waals surface area contributed by atoms with Crippen molar-refractivity contribution in [2.24, 2.45) is 5.92 Å². The molecule has 1 aromatic carbocycles. The number of imidazole rings is 1. The lowest BCUT2D eigenvalue weighted by molar-refractivity contribution is -0.129. The quantitative estimate of drug-likeness (QED) is 0.461. The van der Waals surface area contributed by atoms with Crippen LogP contribution in [0.15, 0.2) is 72.4 Å². The molecular weight excluding hydrogens is 432 g/mol. The Labute approximate surface area is 196 Å². The molecule has 2 atom stereocenters. The average Bonchev–Trinajstić information content (AvgIpc) is 3.49. The zero-order valence-electron chi connectivity index (χ0n) is 18.5. The molecule has 5 rings (SSSR count). The lowest BCUT2D eigenvalue weighted by atomic mass is 9.86. The van der Waals surface area contributed by atoms with E-state index in [-0.39, 0.29) is 23.8 Å². The van der Waals surface area contributed by atoms with E-state index in [2.05, 4.69) is 10.3 Å². The minimum Gasteiger partial charge on any atom is -0.355 e. The first-order chi connectivity index (χ1) is 16.1. The molecule has 0 saturated carbocycles. The van der Waals surface area contributed by atoms with Crippen LogP contribution in [0.3, 0.4) is 0 Å². The maximum Gasteiger partial charge on any atom is 0.227 e. The van der Waals surface area contributed by atoms with E-state index in [0.29, 0.717) is 25.8 Å². The van der Waals surface area contributed by atoms with Crippen molar-refractivity contribution in [2.75, 3.05) is 11.4 Å². The smallest absolute Gasteiger partial charge is 0.227 e. The molecule has 2 unspecified atom stereocenters. The van der Waals surface area contributed by atoms with Crippen LogP contribution >= 0.6 is 11.3 Å². The molecule has 7 heteroatoms. The molecule has 0 radical (unpaired) electrons. The third-order valence-corrected chi connectivity index (χ3v) is 7.12. The van der Waals surface area contributed by atoms with Gasteiger partial charge in [0.2, 0.25) is 11.8 Å². The number of carbonyl (C=O) groups is 2. The second-order valence-electron chi connectivity index (χ2n) is 8.44. The van der Waals surface area contributed by atoms with E-state index in [4.69, 9.17) is 0 Å². The minimum absolute atomic E-state index is 0.0122. The summed E-state index contributed by atoms with van der Waals surface area (Å²) < 4.78 is 1.98. The zero-order chi connectivity index (χ0) is 22.8. The summed E-state index contributed by atoms with van der Waals surface area (Å²) in [5.74, 6) is -0.253. The average molecular weight is 459 g/mol. The van der Waals surface area contributed by atoms with Crippen LogP contribution in [0.5, 0.6) is 0 Å². The van der Waals surface area contributed by atoms with Crippen molar-refractivity contribution in [3.8, 4) is 0 Å². The molecule has 1 fully saturated rings. The highest BCUT2D eigenvalue weighted by atomic mass is 32.1. The number of nitrogens with one attached hydrogen (secondary N) is 1. The van der Waals surface area contributed by atoms with Gasteiger partial charge in [-0.05, 0) is 49.1 Å². The largest absolute Gasteiger partial charge is 0.355 e. The number of aromatic nitrogens is 2. The Morgan fingerprint density at radius 3 is 2.76 bits per heavy atom. The summed E-state index contributed by atoms with van der Waals surface area (Å²) in [6.07, 6.45) is 5.53. The maximum atomic E-state index is 13.3. The Kier molecular flexibility index (Phi) is 5.96. The number of thiophene rings is 1. The Bertz CT molecular complexity index is 1230. The molecule has 1 saturated heterocycles. The van der Waals surface area contributed by atoms with Crippen LogP contribution in [0.1, 0.15) is 35.0 Å². The number of hydrogen-bond acceptors (Lipinski definition) is 4. The summed E-state index contributed by atoms with van der Waals surface area (Å²) in [6, 6.07) is 17.5. The topological polar surface area (TPSA) is 66.7 Å². The van der Waals surface area contributed by atoms with Gasteiger partial charge in [-0.3, -0.25) is 9.59 Å². The second-order valence-corrected chi connectivity index (χ2v) is 9.42. The molecule has 6 nitrogen and oxygen atoms in total. The van der Waals surface area contributed by atoms with E-state index in [1.165, 1.54) is 0 Å². The van der Waals surface area contributed by atoms with Gasteiger partial charge in [0.1, 0.15) is 5.65 Å². The molecule has 1 aliphatic heterocycles. The maximum absolute atomic E-state index is 13.3. The van der Waals surface area contributed by atoms with Gasteiger partial charge in [0, 0.05) is 42.3 Å². The van der Waals surface area contributed by atoms with Gasteiger partial charge in [0.15, 0.2) is 0 Å². The predicted octanol–water partition coefficient (Wildman–Crippen LogP) is 4.55. The minimum atomic E-state index is -0.302. The summed E-state index contributed by atoms with van der Waals surface area (Å²) in [6.45, 7) is 2.53. The highest BCUT2D eigenvalue weighted by molar-refractivity contribution is 7.10. The molecule has 33 heavy (non-hydrogen) atoms. The molecule has 0 bridgehead atoms. The van der Waals surface area contributed by atoms with E-state index in [1.807, 2.05) is 88.6 Å². The van der Waals surface area contributed by atoms with Gasteiger partial charge < -0.3 is 14.6 Å². The molecule has 0 spiro atoms. The lowest BCUT2D eigenvalue weighted by Gasteiger charge is -2.40. The van der Waals surface area contributed by atoms with Crippen LogP contribution in [0.25, 0.3) is 5.65 Å². The summed E-state index contributed by atoms with van der Waals surface area (Å²) in [5, 5.41) is 5.11. The highest BCUT2D eigenvalue weighted by Gasteiger charge is 2.41. The Balaban J connectivity index is 1.34. The molecule has 1 aliphatic rings. The number of anilines is 1. The number of rotatable bonds is 6. The molecule has 1 N–H and O–H groups in total. The van der Waals surface area contributed by atoms with Gasteiger partial charge in [-0.15, -0.1) is 11.3 Å². The number of amides is 2. The predicted molar refractivity (Wildman–Crippen MR) is 130 cm³/mol. The van der Waals surface area contributed by atoms with Crippen LogP contribution < -0.4 is 10.2 Å². The van der Waals surface area contributed by atoms with Crippen molar-refractivity contribution < 1.29 is 9.59 Å². The number of pyridine rings is 1. The monoisotopic (exact) mass is 458 g/mol. The Hall–Kier alpha value is -3.45. The molecule has 3 aromatic heterocycles. The summed E-state index contributed by atoms with van der Waals surface area (Å²) in [7, 11) is 0. The van der Waals surface area contributed by atoms with Gasteiger partial charge in [-0.25, -0.2) is 4.98 Å². The first-order valence-electron chi connectivity index (χ1n) is 11.2. The van der Waals surface area contributed by atoms with Crippen molar-refractivity contribution in [2.45, 2.75) is 32.2 Å². The van der Waals surface area contributed by atoms with Gasteiger partial charge >= 0.3 is 0 Å². The summed E-state index contributed by atoms with van der Waals surface area (Å²) >= 11 is 1.59. The number of aryl methyl sites for hydroxylation is 1. The molecule has 0 aliphatic carbocycles. The fourth-order valence-electron chi connectivity index (χ4n) is 4.51. The fourth-order valence-corrected chi connectivity index (χ4v) is 5.39. The standard InChI is InChI=1S/C26H26N4O2S/c1-18-7-9-20(10-8-18)30-24(31)12-11-21(25(30)22-5-4-16-33-22)26(32)27-14-13-19-17-29-15-3-2-6-23(29)28-19/h2-10,15-17,21,25H,11-14H2,1H3,(H,27,32). The van der Waals surface area contributed by atoms with Crippen LogP contribution in [0, 0.1) is 12.8 Å². The first-order valence-corrected chi connectivity index (χ1v) is 12.1. The summed E-state index contributed by atoms with van der Waals surface area (Å²) in [5.41, 5.74) is 3.82. The fraction of sp³-hybridized carbons (Fsp3) is 0.269. The van der Waals surface area contributed by atoms with Gasteiger partial charge in [-0.2, -0.15) is 0 Å². The third-order valence-electron chi connectivity index (χ3n) is 6.18. The molecular formula is C26H26N4O2S. The van der Waals surface area contributed by atoms with Crippen molar-refractivity contribution in [3.63, 3.8) is 0 Å². The third kappa shape index (κ3) is 4.41. The van der Waals surface area contributed by atoms with Crippen LogP contribution in [-0.2, 0) is 16.0 Å². The van der Waals surface area contributed by atoms with E-state index in [9.17, 15) is 9.59 Å². The molecule has 2 amide bonds. The van der Waals surface area contributed by atoms with Crippen molar-refractivity contribution in [3.05, 3.63) is 88.5 Å². The highest BCUT2D eigenvalue weighted by Crippen LogP contribution is 2.41. The molecule has 168 valence electrons. The second kappa shape index (κ2) is 9.19. The van der Waals surface area contributed by atoms with Crippen molar-refractivity contribution in [1.82, 2.24) is 14.7 Å². The number of fused-ring (bicyclic) bond motifs is 1. The van der Waals surface area contributed by atoms with Crippen molar-refractivity contribution in [1.29, 1.82) is 0 Å². The van der Waals surface area contributed by atoms with Gasteiger partial charge in [0.05, 0.1) is 17.7 Å². The van der Waals surface area contributed by atoms with E-state index in [1.54, 1.807) is 11.3 Å². The number of nitrogens with zero attached hydrogens (tertiary/aromatic N) is 3. The van der Waals surface area contributed by atoms with E-state index >= 15 is 0 Å². The number of benzene rings is 1. The van der Waals surface area contributed by atoms with Gasteiger partial charge in [-0.1, -0.05) is 29.8 Å². The van der Waals surface area contributed by atoms with Gasteiger partial charge in [0.25, 0.3) is 0 Å². The Morgan fingerprint density at radius 1 is 1.15 bits per heavy atom. The molecule has 4 heterocycles. The number of hydrogen-bond donors (Lipinski definition) is 1.